The highest BCUT2D eigenvalue weighted by atomic mass is 32.2. The van der Waals surface area contributed by atoms with Crippen molar-refractivity contribution in [2.45, 2.75) is 18.7 Å². The second kappa shape index (κ2) is 9.26. The largest absolute Gasteiger partial charge is 0.422 e. The molecule has 0 aromatic heterocycles. The topological polar surface area (TPSA) is 84.8 Å². The SMILES string of the molecule is Cc1ccc(S(=O)(=O)NN=Cc2c(OC(=O)c3cccc(C)c3)ccc3ccccc23)cc1. The van der Waals surface area contributed by atoms with E-state index in [1.807, 2.05) is 50.2 Å². The van der Waals surface area contributed by atoms with Crippen molar-refractivity contribution < 1.29 is 17.9 Å². The van der Waals surface area contributed by atoms with Crippen LogP contribution in [-0.4, -0.2) is 20.6 Å². The zero-order valence-corrected chi connectivity index (χ0v) is 19.0. The minimum atomic E-state index is -3.84. The van der Waals surface area contributed by atoms with E-state index >= 15 is 0 Å². The second-order valence-electron chi connectivity index (χ2n) is 7.62. The first-order valence-electron chi connectivity index (χ1n) is 10.3. The minimum absolute atomic E-state index is 0.106. The predicted octanol–water partition coefficient (Wildman–Crippen LogP) is 4.99. The number of carbonyl (C=O) groups excluding carboxylic acids is 1. The molecule has 4 rings (SSSR count). The van der Waals surface area contributed by atoms with E-state index in [1.165, 1.54) is 18.3 Å². The molecule has 0 saturated carbocycles. The molecule has 0 saturated heterocycles. The average molecular weight is 459 g/mol. The summed E-state index contributed by atoms with van der Waals surface area (Å²) < 4.78 is 30.8. The Morgan fingerprint density at radius 3 is 2.39 bits per heavy atom. The van der Waals surface area contributed by atoms with Gasteiger partial charge < -0.3 is 4.74 Å². The molecule has 0 aliphatic heterocycles. The molecule has 0 unspecified atom stereocenters. The van der Waals surface area contributed by atoms with Gasteiger partial charge in [0, 0.05) is 5.56 Å². The maximum Gasteiger partial charge on any atom is 0.343 e. The van der Waals surface area contributed by atoms with Gasteiger partial charge in [-0.15, -0.1) is 0 Å². The quantitative estimate of drug-likeness (QED) is 0.191. The average Bonchev–Trinajstić information content (AvgIpc) is 2.80. The predicted molar refractivity (Wildman–Crippen MR) is 129 cm³/mol. The Hall–Kier alpha value is -3.97. The van der Waals surface area contributed by atoms with Crippen molar-refractivity contribution in [2.75, 3.05) is 0 Å². The van der Waals surface area contributed by atoms with Crippen molar-refractivity contribution in [3.05, 3.63) is 107 Å². The number of fused-ring (bicyclic) bond motifs is 1. The van der Waals surface area contributed by atoms with Crippen LogP contribution >= 0.6 is 0 Å². The van der Waals surface area contributed by atoms with Gasteiger partial charge in [0.25, 0.3) is 10.0 Å². The van der Waals surface area contributed by atoms with Crippen LogP contribution in [0.25, 0.3) is 10.8 Å². The molecular weight excluding hydrogens is 436 g/mol. The first-order valence-corrected chi connectivity index (χ1v) is 11.7. The Kier molecular flexibility index (Phi) is 6.24. The summed E-state index contributed by atoms with van der Waals surface area (Å²) in [5.74, 6) is -0.234. The standard InChI is InChI=1S/C26H22N2O4S/c1-18-10-13-22(14-11-18)33(30,31)28-27-17-24-23-9-4-3-7-20(23)12-15-25(24)32-26(29)21-8-5-6-19(2)16-21/h3-17,28H,1-2H3. The molecule has 4 aromatic rings. The maximum atomic E-state index is 12.7. The van der Waals surface area contributed by atoms with Crippen molar-refractivity contribution in [1.82, 2.24) is 4.83 Å². The molecule has 33 heavy (non-hydrogen) atoms. The van der Waals surface area contributed by atoms with Crippen LogP contribution in [0, 0.1) is 13.8 Å². The van der Waals surface area contributed by atoms with Gasteiger partial charge in [0.1, 0.15) is 5.75 Å². The Morgan fingerprint density at radius 1 is 0.879 bits per heavy atom. The van der Waals surface area contributed by atoms with Crippen molar-refractivity contribution in [2.24, 2.45) is 5.10 Å². The molecule has 1 N–H and O–H groups in total. The zero-order valence-electron chi connectivity index (χ0n) is 18.1. The van der Waals surface area contributed by atoms with Crippen molar-refractivity contribution in [1.29, 1.82) is 0 Å². The van der Waals surface area contributed by atoms with Gasteiger partial charge in [-0.25, -0.2) is 9.63 Å². The van der Waals surface area contributed by atoms with E-state index in [4.69, 9.17) is 4.74 Å². The van der Waals surface area contributed by atoms with Gasteiger partial charge in [0.05, 0.1) is 16.7 Å². The van der Waals surface area contributed by atoms with Crippen LogP contribution in [0.2, 0.25) is 0 Å². The molecule has 0 heterocycles. The molecule has 0 radical (unpaired) electrons. The summed E-state index contributed by atoms with van der Waals surface area (Å²) in [5, 5.41) is 5.63. The smallest absolute Gasteiger partial charge is 0.343 e. The molecule has 0 bridgehead atoms. The number of nitrogens with zero attached hydrogens (tertiary/aromatic N) is 1. The molecule has 0 amide bonds. The number of benzene rings is 4. The summed E-state index contributed by atoms with van der Waals surface area (Å²) in [7, 11) is -3.84. The summed E-state index contributed by atoms with van der Waals surface area (Å²) in [4.78, 5) is 15.1. The summed E-state index contributed by atoms with van der Waals surface area (Å²) in [5.41, 5.74) is 2.80. The van der Waals surface area contributed by atoms with Crippen LogP contribution < -0.4 is 9.57 Å². The Morgan fingerprint density at radius 2 is 1.64 bits per heavy atom. The van der Waals surface area contributed by atoms with E-state index in [9.17, 15) is 13.2 Å². The first-order chi connectivity index (χ1) is 15.8. The maximum absolute atomic E-state index is 12.7. The lowest BCUT2D eigenvalue weighted by Gasteiger charge is -2.11. The normalized spacial score (nSPS) is 11.6. The molecule has 7 heteroatoms. The lowest BCUT2D eigenvalue weighted by Crippen LogP contribution is -2.18. The van der Waals surface area contributed by atoms with E-state index in [2.05, 4.69) is 9.93 Å². The van der Waals surface area contributed by atoms with Crippen LogP contribution in [0.1, 0.15) is 27.0 Å². The number of aryl methyl sites for hydroxylation is 2. The third-order valence-electron chi connectivity index (χ3n) is 5.08. The van der Waals surface area contributed by atoms with E-state index in [-0.39, 0.29) is 10.6 Å². The number of carbonyl (C=O) groups is 1. The van der Waals surface area contributed by atoms with Gasteiger partial charge in [0.2, 0.25) is 0 Å². The molecule has 4 aromatic carbocycles. The number of rotatable bonds is 6. The molecule has 0 atom stereocenters. The number of esters is 1. The second-order valence-corrected chi connectivity index (χ2v) is 9.28. The first kappa shape index (κ1) is 22.2. The van der Waals surface area contributed by atoms with E-state index in [0.717, 1.165) is 21.9 Å². The fourth-order valence-corrected chi connectivity index (χ4v) is 4.15. The molecular formula is C26H22N2O4S. The van der Waals surface area contributed by atoms with Crippen LogP contribution in [0.15, 0.2) is 94.9 Å². The number of hydrazone groups is 1. The van der Waals surface area contributed by atoms with Crippen LogP contribution in [-0.2, 0) is 10.0 Å². The fraction of sp³-hybridized carbons (Fsp3) is 0.0769. The molecule has 0 aliphatic rings. The van der Waals surface area contributed by atoms with Crippen molar-refractivity contribution in [3.63, 3.8) is 0 Å². The van der Waals surface area contributed by atoms with Crippen LogP contribution in [0.3, 0.4) is 0 Å². The van der Waals surface area contributed by atoms with Crippen LogP contribution in [0.4, 0.5) is 0 Å². The van der Waals surface area contributed by atoms with E-state index in [1.54, 1.807) is 36.4 Å². The third kappa shape index (κ3) is 5.10. The van der Waals surface area contributed by atoms with Gasteiger partial charge in [0.15, 0.2) is 0 Å². The Labute approximate surface area is 192 Å². The monoisotopic (exact) mass is 458 g/mol. The number of ether oxygens (including phenoxy) is 1. The molecule has 6 nitrogen and oxygen atoms in total. The molecule has 0 spiro atoms. The number of hydrogen-bond donors (Lipinski definition) is 1. The summed E-state index contributed by atoms with van der Waals surface area (Å²) >= 11 is 0. The van der Waals surface area contributed by atoms with Gasteiger partial charge in [-0.3, -0.25) is 0 Å². The summed E-state index contributed by atoms with van der Waals surface area (Å²) in [6.07, 6.45) is 1.35. The van der Waals surface area contributed by atoms with Crippen LogP contribution in [0.5, 0.6) is 5.75 Å². The van der Waals surface area contributed by atoms with Gasteiger partial charge in [-0.2, -0.15) is 13.5 Å². The molecule has 0 fully saturated rings. The third-order valence-corrected chi connectivity index (χ3v) is 6.32. The highest BCUT2D eigenvalue weighted by Gasteiger charge is 2.15. The van der Waals surface area contributed by atoms with Crippen molar-refractivity contribution in [3.8, 4) is 5.75 Å². The molecule has 166 valence electrons. The fourth-order valence-electron chi connectivity index (χ4n) is 3.36. The van der Waals surface area contributed by atoms with Gasteiger partial charge >= 0.3 is 5.97 Å². The number of nitrogens with one attached hydrogen (secondary N) is 1. The number of sulfonamides is 1. The summed E-state index contributed by atoms with van der Waals surface area (Å²) in [6, 6.07) is 24.6. The van der Waals surface area contributed by atoms with Gasteiger partial charge in [-0.05, 0) is 55.0 Å². The summed E-state index contributed by atoms with van der Waals surface area (Å²) in [6.45, 7) is 3.77. The van der Waals surface area contributed by atoms with E-state index in [0.29, 0.717) is 11.1 Å². The number of hydrogen-bond acceptors (Lipinski definition) is 5. The van der Waals surface area contributed by atoms with Gasteiger partial charge in [-0.1, -0.05) is 65.7 Å². The highest BCUT2D eigenvalue weighted by Crippen LogP contribution is 2.27. The Bertz CT molecular complexity index is 1460. The highest BCUT2D eigenvalue weighted by molar-refractivity contribution is 7.89. The zero-order chi connectivity index (χ0) is 23.4. The Balaban J connectivity index is 1.66. The minimum Gasteiger partial charge on any atom is -0.422 e. The van der Waals surface area contributed by atoms with Crippen molar-refractivity contribution >= 4 is 33.0 Å². The lowest BCUT2D eigenvalue weighted by molar-refractivity contribution is 0.0734. The molecule has 0 aliphatic carbocycles. The van der Waals surface area contributed by atoms with E-state index < -0.39 is 16.0 Å². The lowest BCUT2D eigenvalue weighted by atomic mass is 10.0.